The lowest BCUT2D eigenvalue weighted by molar-refractivity contribution is 0.0868. The van der Waals surface area contributed by atoms with Gasteiger partial charge in [0.2, 0.25) is 0 Å². The topological polar surface area (TPSA) is 59.6 Å². The van der Waals surface area contributed by atoms with Gasteiger partial charge in [-0.3, -0.25) is 0 Å². The van der Waals surface area contributed by atoms with Gasteiger partial charge in [-0.2, -0.15) is 0 Å². The van der Waals surface area contributed by atoms with Crippen molar-refractivity contribution in [2.24, 2.45) is 0 Å². The Bertz CT molecular complexity index is 475. The van der Waals surface area contributed by atoms with Crippen molar-refractivity contribution in [3.8, 4) is 5.75 Å². The third kappa shape index (κ3) is 3.77. The van der Waals surface area contributed by atoms with Gasteiger partial charge in [-0.15, -0.1) is 0 Å². The molecule has 2 amide bonds. The Balaban J connectivity index is 1.90. The first-order chi connectivity index (χ1) is 9.60. The van der Waals surface area contributed by atoms with Crippen LogP contribution in [0.3, 0.4) is 0 Å². The number of anilines is 1. The largest absolute Gasteiger partial charge is 0.497 e. The summed E-state index contributed by atoms with van der Waals surface area (Å²) < 4.78 is 10.6. The van der Waals surface area contributed by atoms with Crippen molar-refractivity contribution in [2.45, 2.75) is 31.9 Å². The van der Waals surface area contributed by atoms with E-state index in [9.17, 15) is 4.79 Å². The molecular formula is C14H19ClN2O3. The molecule has 5 nitrogen and oxygen atoms in total. The lowest BCUT2D eigenvalue weighted by atomic mass is 10.1. The molecule has 0 radical (unpaired) electrons. The Labute approximate surface area is 123 Å². The molecule has 1 saturated heterocycles. The van der Waals surface area contributed by atoms with E-state index in [1.54, 1.807) is 25.3 Å². The first kappa shape index (κ1) is 14.9. The number of ether oxygens (including phenoxy) is 2. The van der Waals surface area contributed by atoms with Crippen molar-refractivity contribution in [3.05, 3.63) is 23.2 Å². The highest BCUT2D eigenvalue weighted by Gasteiger charge is 2.23. The molecule has 2 unspecified atom stereocenters. The zero-order valence-corrected chi connectivity index (χ0v) is 12.4. The van der Waals surface area contributed by atoms with Crippen molar-refractivity contribution < 1.29 is 14.3 Å². The van der Waals surface area contributed by atoms with Crippen LogP contribution in [-0.2, 0) is 4.74 Å². The third-order valence-electron chi connectivity index (χ3n) is 3.31. The number of benzene rings is 1. The van der Waals surface area contributed by atoms with Crippen molar-refractivity contribution in [1.82, 2.24) is 5.32 Å². The predicted molar refractivity (Wildman–Crippen MR) is 78.6 cm³/mol. The van der Waals surface area contributed by atoms with Gasteiger partial charge in [0, 0.05) is 12.7 Å². The van der Waals surface area contributed by atoms with Crippen LogP contribution in [0.1, 0.15) is 19.8 Å². The summed E-state index contributed by atoms with van der Waals surface area (Å²) in [5, 5.41) is 6.02. The molecule has 1 aromatic carbocycles. The Kier molecular flexibility index (Phi) is 5.09. The predicted octanol–water partition coefficient (Wildman–Crippen LogP) is 3.04. The van der Waals surface area contributed by atoms with E-state index in [0.717, 1.165) is 19.4 Å². The molecule has 0 spiro atoms. The molecular weight excluding hydrogens is 280 g/mol. The van der Waals surface area contributed by atoms with E-state index < -0.39 is 0 Å². The maximum atomic E-state index is 11.9. The minimum atomic E-state index is -0.292. The third-order valence-corrected chi connectivity index (χ3v) is 3.62. The second kappa shape index (κ2) is 6.81. The fourth-order valence-corrected chi connectivity index (χ4v) is 2.40. The molecule has 0 saturated carbocycles. The lowest BCUT2D eigenvalue weighted by Gasteiger charge is -2.20. The highest BCUT2D eigenvalue weighted by Crippen LogP contribution is 2.26. The smallest absolute Gasteiger partial charge is 0.319 e. The van der Waals surface area contributed by atoms with Gasteiger partial charge in [-0.25, -0.2) is 4.79 Å². The number of halogens is 1. The summed E-state index contributed by atoms with van der Waals surface area (Å²) in [5.41, 5.74) is 0.546. The summed E-state index contributed by atoms with van der Waals surface area (Å²) in [6.07, 6.45) is 2.11. The summed E-state index contributed by atoms with van der Waals surface area (Å²) in [6.45, 7) is 2.70. The van der Waals surface area contributed by atoms with E-state index in [-0.39, 0.29) is 18.2 Å². The number of urea groups is 1. The molecule has 0 aromatic heterocycles. The maximum absolute atomic E-state index is 11.9. The fourth-order valence-electron chi connectivity index (χ4n) is 2.18. The number of carbonyl (C=O) groups excluding carboxylic acids is 1. The second-order valence-corrected chi connectivity index (χ2v) is 5.19. The van der Waals surface area contributed by atoms with E-state index in [2.05, 4.69) is 10.6 Å². The minimum absolute atomic E-state index is 0.0328. The van der Waals surface area contributed by atoms with Crippen LogP contribution in [0.5, 0.6) is 5.75 Å². The van der Waals surface area contributed by atoms with Gasteiger partial charge in [0.05, 0.1) is 30.0 Å². The number of rotatable bonds is 4. The summed E-state index contributed by atoms with van der Waals surface area (Å²) in [4.78, 5) is 11.9. The van der Waals surface area contributed by atoms with Gasteiger partial charge < -0.3 is 20.1 Å². The number of nitrogens with one attached hydrogen (secondary N) is 2. The Morgan fingerprint density at radius 1 is 1.55 bits per heavy atom. The first-order valence-electron chi connectivity index (χ1n) is 6.63. The van der Waals surface area contributed by atoms with Crippen LogP contribution in [-0.4, -0.2) is 31.9 Å². The SMILES string of the molecule is COc1ccc(NC(=O)NC(C)C2CCCO2)c(Cl)c1. The normalized spacial score (nSPS) is 19.4. The molecule has 1 aromatic rings. The number of hydrogen-bond donors (Lipinski definition) is 2. The van der Waals surface area contributed by atoms with Gasteiger partial charge in [0.1, 0.15) is 5.75 Å². The molecule has 1 aliphatic rings. The Morgan fingerprint density at radius 3 is 2.95 bits per heavy atom. The van der Waals surface area contributed by atoms with Crippen LogP contribution in [0, 0.1) is 0 Å². The average molecular weight is 299 g/mol. The molecule has 110 valence electrons. The standard InChI is InChI=1S/C14H19ClN2O3/c1-9(13-4-3-7-20-13)16-14(18)17-12-6-5-10(19-2)8-11(12)15/h5-6,8-9,13H,3-4,7H2,1-2H3,(H2,16,17,18). The van der Waals surface area contributed by atoms with E-state index in [1.165, 1.54) is 0 Å². The molecule has 2 N–H and O–H groups in total. The number of methoxy groups -OCH3 is 1. The summed E-state index contributed by atoms with van der Waals surface area (Å²) >= 11 is 6.07. The van der Waals surface area contributed by atoms with Crippen LogP contribution < -0.4 is 15.4 Å². The molecule has 0 aliphatic carbocycles. The van der Waals surface area contributed by atoms with E-state index in [1.807, 2.05) is 6.92 Å². The summed E-state index contributed by atoms with van der Waals surface area (Å²) in [5.74, 6) is 0.647. The van der Waals surface area contributed by atoms with Gasteiger partial charge in [0.25, 0.3) is 0 Å². The zero-order valence-electron chi connectivity index (χ0n) is 11.6. The second-order valence-electron chi connectivity index (χ2n) is 4.78. The lowest BCUT2D eigenvalue weighted by Crippen LogP contribution is -2.43. The molecule has 1 heterocycles. The van der Waals surface area contributed by atoms with Crippen LogP contribution in [0.15, 0.2) is 18.2 Å². The minimum Gasteiger partial charge on any atom is -0.497 e. The molecule has 20 heavy (non-hydrogen) atoms. The summed E-state index contributed by atoms with van der Waals surface area (Å²) in [6, 6.07) is 4.78. The highest BCUT2D eigenvalue weighted by molar-refractivity contribution is 6.33. The van der Waals surface area contributed by atoms with E-state index in [0.29, 0.717) is 16.5 Å². The van der Waals surface area contributed by atoms with Gasteiger partial charge >= 0.3 is 6.03 Å². The van der Waals surface area contributed by atoms with E-state index >= 15 is 0 Å². The molecule has 1 aliphatic heterocycles. The Morgan fingerprint density at radius 2 is 2.35 bits per heavy atom. The molecule has 1 fully saturated rings. The zero-order chi connectivity index (χ0) is 14.5. The monoisotopic (exact) mass is 298 g/mol. The van der Waals surface area contributed by atoms with Crippen LogP contribution >= 0.6 is 11.6 Å². The van der Waals surface area contributed by atoms with Gasteiger partial charge in [0.15, 0.2) is 0 Å². The summed E-state index contributed by atoms with van der Waals surface area (Å²) in [7, 11) is 1.56. The van der Waals surface area contributed by atoms with Crippen LogP contribution in [0.25, 0.3) is 0 Å². The van der Waals surface area contributed by atoms with E-state index in [4.69, 9.17) is 21.1 Å². The van der Waals surface area contributed by atoms with Crippen molar-refractivity contribution >= 4 is 23.3 Å². The maximum Gasteiger partial charge on any atom is 0.319 e. The van der Waals surface area contributed by atoms with Crippen LogP contribution in [0.2, 0.25) is 5.02 Å². The number of hydrogen-bond acceptors (Lipinski definition) is 3. The quantitative estimate of drug-likeness (QED) is 0.898. The fraction of sp³-hybridized carbons (Fsp3) is 0.500. The van der Waals surface area contributed by atoms with Crippen molar-refractivity contribution in [2.75, 3.05) is 19.0 Å². The number of amides is 2. The highest BCUT2D eigenvalue weighted by atomic mass is 35.5. The Hall–Kier alpha value is -1.46. The van der Waals surface area contributed by atoms with Crippen LogP contribution in [0.4, 0.5) is 10.5 Å². The molecule has 2 atom stereocenters. The molecule has 2 rings (SSSR count). The first-order valence-corrected chi connectivity index (χ1v) is 7.00. The van der Waals surface area contributed by atoms with Crippen molar-refractivity contribution in [1.29, 1.82) is 0 Å². The average Bonchev–Trinajstić information content (AvgIpc) is 2.95. The van der Waals surface area contributed by atoms with Crippen molar-refractivity contribution in [3.63, 3.8) is 0 Å². The van der Waals surface area contributed by atoms with Gasteiger partial charge in [-0.05, 0) is 31.9 Å². The number of carbonyl (C=O) groups is 1. The molecule has 6 heteroatoms. The van der Waals surface area contributed by atoms with Gasteiger partial charge in [-0.1, -0.05) is 11.6 Å². The molecule has 0 bridgehead atoms.